The molecule has 0 fully saturated rings. The SMILES string of the molecule is COC(=O)/C(=C/CCc1ccoc1)CC/C=C(\CC[C@@H](O)C(C)(C)O)C(=O)OC. The minimum absolute atomic E-state index is 0.217. The number of methoxy groups -OCH3 is 2. The highest BCUT2D eigenvalue weighted by Crippen LogP contribution is 2.19. The molecule has 0 saturated carbocycles. The Morgan fingerprint density at radius 2 is 1.69 bits per heavy atom. The molecule has 0 unspecified atom stereocenters. The van der Waals surface area contributed by atoms with Gasteiger partial charge in [-0.05, 0) is 64.0 Å². The zero-order valence-electron chi connectivity index (χ0n) is 17.6. The Morgan fingerprint density at radius 3 is 2.21 bits per heavy atom. The van der Waals surface area contributed by atoms with E-state index in [-0.39, 0.29) is 12.8 Å². The highest BCUT2D eigenvalue weighted by Gasteiger charge is 2.25. The van der Waals surface area contributed by atoms with Crippen LogP contribution >= 0.6 is 0 Å². The van der Waals surface area contributed by atoms with Crippen LogP contribution < -0.4 is 0 Å². The van der Waals surface area contributed by atoms with E-state index in [1.54, 1.807) is 18.6 Å². The maximum Gasteiger partial charge on any atom is 0.333 e. The third-order valence-corrected chi connectivity index (χ3v) is 4.61. The first-order valence-corrected chi connectivity index (χ1v) is 9.65. The molecule has 0 aromatic carbocycles. The molecule has 7 nitrogen and oxygen atoms in total. The number of furan rings is 1. The molecule has 0 amide bonds. The van der Waals surface area contributed by atoms with Crippen molar-refractivity contribution in [1.29, 1.82) is 0 Å². The molecule has 162 valence electrons. The highest BCUT2D eigenvalue weighted by molar-refractivity contribution is 5.89. The Kier molecular flexibility index (Phi) is 10.4. The molecule has 7 heteroatoms. The van der Waals surface area contributed by atoms with Gasteiger partial charge >= 0.3 is 11.9 Å². The van der Waals surface area contributed by atoms with Gasteiger partial charge in [-0.15, -0.1) is 0 Å². The molecule has 0 aliphatic rings. The van der Waals surface area contributed by atoms with Crippen LogP contribution in [0.3, 0.4) is 0 Å². The second-order valence-corrected chi connectivity index (χ2v) is 7.36. The average Bonchev–Trinajstić information content (AvgIpc) is 3.20. The number of aliphatic hydroxyl groups excluding tert-OH is 1. The van der Waals surface area contributed by atoms with Gasteiger partial charge in [0.05, 0.1) is 38.5 Å². The lowest BCUT2D eigenvalue weighted by atomic mass is 9.95. The Morgan fingerprint density at radius 1 is 1.10 bits per heavy atom. The second-order valence-electron chi connectivity index (χ2n) is 7.36. The summed E-state index contributed by atoms with van der Waals surface area (Å²) in [4.78, 5) is 24.0. The number of aliphatic hydroxyl groups is 2. The van der Waals surface area contributed by atoms with Crippen molar-refractivity contribution in [3.8, 4) is 0 Å². The van der Waals surface area contributed by atoms with E-state index in [0.29, 0.717) is 30.4 Å². The first-order valence-electron chi connectivity index (χ1n) is 9.65. The molecule has 1 aromatic rings. The van der Waals surface area contributed by atoms with E-state index >= 15 is 0 Å². The fourth-order valence-corrected chi connectivity index (χ4v) is 2.73. The van der Waals surface area contributed by atoms with Crippen LogP contribution in [0.1, 0.15) is 51.5 Å². The van der Waals surface area contributed by atoms with Crippen molar-refractivity contribution >= 4 is 11.9 Å². The summed E-state index contributed by atoms with van der Waals surface area (Å²) in [5, 5.41) is 19.8. The summed E-state index contributed by atoms with van der Waals surface area (Å²) in [5.74, 6) is -0.890. The van der Waals surface area contributed by atoms with Gasteiger partial charge in [0.25, 0.3) is 0 Å². The van der Waals surface area contributed by atoms with Crippen molar-refractivity contribution < 1.29 is 33.7 Å². The minimum Gasteiger partial charge on any atom is -0.472 e. The third-order valence-electron chi connectivity index (χ3n) is 4.61. The molecule has 0 aliphatic carbocycles. The molecule has 2 N–H and O–H groups in total. The van der Waals surface area contributed by atoms with Gasteiger partial charge in [-0.2, -0.15) is 0 Å². The lowest BCUT2D eigenvalue weighted by Crippen LogP contribution is -2.35. The summed E-state index contributed by atoms with van der Waals surface area (Å²) in [6.45, 7) is 3.02. The van der Waals surface area contributed by atoms with Gasteiger partial charge in [0.1, 0.15) is 0 Å². The normalized spacial score (nSPS) is 13.9. The van der Waals surface area contributed by atoms with E-state index in [4.69, 9.17) is 13.9 Å². The number of allylic oxidation sites excluding steroid dienone is 2. The van der Waals surface area contributed by atoms with E-state index in [1.807, 2.05) is 12.1 Å². The molecular formula is C22H32O7. The zero-order chi connectivity index (χ0) is 21.9. The van der Waals surface area contributed by atoms with Crippen LogP contribution in [0.2, 0.25) is 0 Å². The number of rotatable bonds is 12. The lowest BCUT2D eigenvalue weighted by molar-refractivity contribution is -0.137. The van der Waals surface area contributed by atoms with Crippen molar-refractivity contribution in [3.63, 3.8) is 0 Å². The highest BCUT2D eigenvalue weighted by atomic mass is 16.5. The molecule has 0 aliphatic heterocycles. The first-order chi connectivity index (χ1) is 13.7. The molecule has 0 bridgehead atoms. The molecular weight excluding hydrogens is 376 g/mol. The number of hydrogen-bond acceptors (Lipinski definition) is 7. The van der Waals surface area contributed by atoms with Crippen LogP contribution in [0.15, 0.2) is 46.3 Å². The second kappa shape index (κ2) is 12.2. The fourth-order valence-electron chi connectivity index (χ4n) is 2.73. The van der Waals surface area contributed by atoms with Gasteiger partial charge in [0, 0.05) is 11.1 Å². The van der Waals surface area contributed by atoms with Crippen molar-refractivity contribution in [2.45, 2.75) is 64.1 Å². The van der Waals surface area contributed by atoms with Crippen LogP contribution in [0.25, 0.3) is 0 Å². The number of aryl methyl sites for hydroxylation is 1. The largest absolute Gasteiger partial charge is 0.472 e. The van der Waals surface area contributed by atoms with Crippen LogP contribution in [-0.2, 0) is 25.5 Å². The summed E-state index contributed by atoms with van der Waals surface area (Å²) < 4.78 is 14.7. The van der Waals surface area contributed by atoms with Gasteiger partial charge in [0.15, 0.2) is 0 Å². The number of carbonyl (C=O) groups excluding carboxylic acids is 2. The van der Waals surface area contributed by atoms with E-state index in [2.05, 4.69) is 0 Å². The first kappa shape index (κ1) is 24.7. The number of carbonyl (C=O) groups is 2. The van der Waals surface area contributed by atoms with Gasteiger partial charge in [0.2, 0.25) is 0 Å². The summed E-state index contributed by atoms with van der Waals surface area (Å²) in [6.07, 6.45) is 8.58. The average molecular weight is 408 g/mol. The summed E-state index contributed by atoms with van der Waals surface area (Å²) in [5.41, 5.74) is 0.729. The van der Waals surface area contributed by atoms with Crippen LogP contribution in [0.4, 0.5) is 0 Å². The predicted octanol–water partition coefficient (Wildman–Crippen LogP) is 3.10. The molecule has 29 heavy (non-hydrogen) atoms. The van der Waals surface area contributed by atoms with E-state index in [1.165, 1.54) is 28.1 Å². The molecule has 1 atom stereocenters. The van der Waals surface area contributed by atoms with Crippen LogP contribution in [0, 0.1) is 0 Å². The topological polar surface area (TPSA) is 106 Å². The lowest BCUT2D eigenvalue weighted by Gasteiger charge is -2.24. The Labute approximate surface area is 172 Å². The monoisotopic (exact) mass is 408 g/mol. The maximum absolute atomic E-state index is 12.0. The van der Waals surface area contributed by atoms with Crippen molar-refractivity contribution in [2.75, 3.05) is 14.2 Å². The number of esters is 2. The van der Waals surface area contributed by atoms with Crippen molar-refractivity contribution in [2.24, 2.45) is 0 Å². The summed E-state index contributed by atoms with van der Waals surface area (Å²) >= 11 is 0. The minimum atomic E-state index is -1.25. The van der Waals surface area contributed by atoms with E-state index in [0.717, 1.165) is 12.0 Å². The van der Waals surface area contributed by atoms with Crippen molar-refractivity contribution in [3.05, 3.63) is 47.5 Å². The molecule has 0 spiro atoms. The molecule has 0 saturated heterocycles. The maximum atomic E-state index is 12.0. The van der Waals surface area contributed by atoms with Crippen LogP contribution in [0.5, 0.6) is 0 Å². The molecule has 1 aromatic heterocycles. The van der Waals surface area contributed by atoms with Gasteiger partial charge in [-0.3, -0.25) is 0 Å². The zero-order valence-corrected chi connectivity index (χ0v) is 17.6. The molecule has 0 radical (unpaired) electrons. The summed E-state index contributed by atoms with van der Waals surface area (Å²) in [7, 11) is 2.62. The Bertz CT molecular complexity index is 693. The predicted molar refractivity (Wildman–Crippen MR) is 108 cm³/mol. The number of ether oxygens (including phenoxy) is 2. The number of hydrogen-bond donors (Lipinski definition) is 2. The van der Waals surface area contributed by atoms with Crippen LogP contribution in [-0.4, -0.2) is 48.1 Å². The quantitative estimate of drug-likeness (QED) is 0.404. The third kappa shape index (κ3) is 9.11. The standard InChI is InChI=1S/C22H32O7/c1-22(2,26)19(23)12-11-18(21(25)28-4)10-6-9-17(20(24)27-3)8-5-7-16-13-14-29-15-16/h8,10,13-15,19,23,26H,5-7,9,11-12H2,1-4H3/b17-8+,18-10+/t19-/m1/s1. The molecule has 1 rings (SSSR count). The van der Waals surface area contributed by atoms with E-state index in [9.17, 15) is 19.8 Å². The molecule has 1 heterocycles. The smallest absolute Gasteiger partial charge is 0.333 e. The van der Waals surface area contributed by atoms with Gasteiger partial charge in [-0.1, -0.05) is 12.2 Å². The fraction of sp³-hybridized carbons (Fsp3) is 0.545. The van der Waals surface area contributed by atoms with Gasteiger partial charge < -0.3 is 24.1 Å². The van der Waals surface area contributed by atoms with Crippen molar-refractivity contribution in [1.82, 2.24) is 0 Å². The Balaban J connectivity index is 2.72. The Hall–Kier alpha value is -2.38. The summed E-state index contributed by atoms with van der Waals surface area (Å²) in [6, 6.07) is 1.87. The van der Waals surface area contributed by atoms with Gasteiger partial charge in [-0.25, -0.2) is 9.59 Å². The van der Waals surface area contributed by atoms with E-state index < -0.39 is 23.6 Å².